The molecular weight excluding hydrogens is 272 g/mol. The number of rotatable bonds is 3. The maximum atomic E-state index is 12.2. The van der Waals surface area contributed by atoms with Gasteiger partial charge in [0.05, 0.1) is 6.54 Å². The Bertz CT molecular complexity index is 590. The number of H-pyrrole nitrogens is 1. The number of nitrogens with zero attached hydrogens (tertiary/aromatic N) is 2. The van der Waals surface area contributed by atoms with Crippen molar-refractivity contribution in [3.63, 3.8) is 0 Å². The minimum Gasteiger partial charge on any atom is -0.364 e. The number of aromatic amines is 1. The Hall–Kier alpha value is -2.15. The summed E-state index contributed by atoms with van der Waals surface area (Å²) in [5.74, 6) is -0.546. The maximum Gasteiger partial charge on any atom is 0.259 e. The summed E-state index contributed by atoms with van der Waals surface area (Å²) in [5.41, 5.74) is 0.407. The number of hydrogen-bond donors (Lipinski definition) is 2. The summed E-state index contributed by atoms with van der Waals surface area (Å²) < 4.78 is 0. The molecule has 1 aromatic rings. The van der Waals surface area contributed by atoms with Crippen LogP contribution in [0.15, 0.2) is 17.1 Å². The molecule has 2 heterocycles. The molecule has 2 amide bonds. The van der Waals surface area contributed by atoms with Gasteiger partial charge >= 0.3 is 0 Å². The smallest absolute Gasteiger partial charge is 0.259 e. The fraction of sp³-hybridized carbons (Fsp3) is 0.500. The molecule has 1 aromatic heterocycles. The monoisotopic (exact) mass is 292 g/mol. The van der Waals surface area contributed by atoms with Crippen molar-refractivity contribution in [1.82, 2.24) is 20.1 Å². The fourth-order valence-electron chi connectivity index (χ4n) is 2.23. The average molecular weight is 292 g/mol. The fourth-order valence-corrected chi connectivity index (χ4v) is 2.23. The van der Waals surface area contributed by atoms with E-state index in [2.05, 4.69) is 10.3 Å². The number of aryl methyl sites for hydroxylation is 1. The van der Waals surface area contributed by atoms with Crippen LogP contribution in [-0.4, -0.2) is 66.4 Å². The van der Waals surface area contributed by atoms with Crippen LogP contribution in [0, 0.1) is 6.92 Å². The molecule has 2 N–H and O–H groups in total. The highest BCUT2D eigenvalue weighted by Crippen LogP contribution is 2.01. The van der Waals surface area contributed by atoms with E-state index in [0.29, 0.717) is 18.8 Å². The predicted octanol–water partition coefficient (Wildman–Crippen LogP) is -0.813. The van der Waals surface area contributed by atoms with E-state index in [1.54, 1.807) is 11.8 Å². The summed E-state index contributed by atoms with van der Waals surface area (Å²) in [6.07, 6.45) is 1.39. The largest absolute Gasteiger partial charge is 0.364 e. The highest BCUT2D eigenvalue weighted by atomic mass is 16.2. The molecule has 0 bridgehead atoms. The second kappa shape index (κ2) is 6.53. The Kier molecular flexibility index (Phi) is 4.74. The van der Waals surface area contributed by atoms with Crippen molar-refractivity contribution in [3.8, 4) is 0 Å². The van der Waals surface area contributed by atoms with Crippen LogP contribution < -0.4 is 10.7 Å². The standard InChI is InChI=1S/C14H20N4O3/c1-10-7-12(19)11(8-16-10)14(21)17(2)9-13(20)18-5-3-15-4-6-18/h7-8,15H,3-6,9H2,1-2H3,(H,16,19). The molecule has 1 fully saturated rings. The Balaban J connectivity index is 2.02. The zero-order valence-electron chi connectivity index (χ0n) is 12.3. The maximum absolute atomic E-state index is 12.2. The summed E-state index contributed by atoms with van der Waals surface area (Å²) in [7, 11) is 1.53. The first-order valence-electron chi connectivity index (χ1n) is 6.92. The third kappa shape index (κ3) is 3.69. The first-order valence-corrected chi connectivity index (χ1v) is 6.92. The molecule has 21 heavy (non-hydrogen) atoms. The number of likely N-dealkylation sites (N-methyl/N-ethyl adjacent to an activating group) is 1. The first kappa shape index (κ1) is 15.2. The molecule has 7 nitrogen and oxygen atoms in total. The molecule has 0 aromatic carbocycles. The van der Waals surface area contributed by atoms with E-state index in [9.17, 15) is 14.4 Å². The number of piperazine rings is 1. The quantitative estimate of drug-likeness (QED) is 0.763. The average Bonchev–Trinajstić information content (AvgIpc) is 2.47. The molecule has 0 unspecified atom stereocenters. The molecule has 7 heteroatoms. The number of amides is 2. The van der Waals surface area contributed by atoms with Gasteiger partial charge in [0, 0.05) is 51.2 Å². The number of carbonyl (C=O) groups excluding carboxylic acids is 2. The van der Waals surface area contributed by atoms with E-state index in [1.165, 1.54) is 24.2 Å². The molecule has 1 aliphatic heterocycles. The third-order valence-corrected chi connectivity index (χ3v) is 3.48. The number of pyridine rings is 1. The van der Waals surface area contributed by atoms with Gasteiger partial charge < -0.3 is 20.1 Å². The Morgan fingerprint density at radius 3 is 2.62 bits per heavy atom. The number of carbonyl (C=O) groups is 2. The van der Waals surface area contributed by atoms with Crippen LogP contribution >= 0.6 is 0 Å². The van der Waals surface area contributed by atoms with Gasteiger partial charge in [0.25, 0.3) is 5.91 Å². The second-order valence-corrected chi connectivity index (χ2v) is 5.19. The van der Waals surface area contributed by atoms with Crippen molar-refractivity contribution in [1.29, 1.82) is 0 Å². The molecule has 1 saturated heterocycles. The van der Waals surface area contributed by atoms with Crippen molar-refractivity contribution in [2.75, 3.05) is 39.8 Å². The SMILES string of the molecule is Cc1cc(=O)c(C(=O)N(C)CC(=O)N2CCNCC2)c[nH]1. The lowest BCUT2D eigenvalue weighted by atomic mass is 10.2. The van der Waals surface area contributed by atoms with Crippen LogP contribution in [0.3, 0.4) is 0 Å². The molecule has 1 aliphatic rings. The van der Waals surface area contributed by atoms with Crippen LogP contribution in [0.1, 0.15) is 16.1 Å². The van der Waals surface area contributed by atoms with Gasteiger partial charge in [0.2, 0.25) is 5.91 Å². The van der Waals surface area contributed by atoms with Crippen molar-refractivity contribution in [2.45, 2.75) is 6.92 Å². The van der Waals surface area contributed by atoms with Gasteiger partial charge in [-0.1, -0.05) is 0 Å². The van der Waals surface area contributed by atoms with E-state index < -0.39 is 5.91 Å². The summed E-state index contributed by atoms with van der Waals surface area (Å²) >= 11 is 0. The lowest BCUT2D eigenvalue weighted by Gasteiger charge is -2.29. The molecule has 0 saturated carbocycles. The first-order chi connectivity index (χ1) is 9.99. The van der Waals surface area contributed by atoms with Crippen molar-refractivity contribution in [3.05, 3.63) is 33.7 Å². The van der Waals surface area contributed by atoms with Gasteiger partial charge in [-0.3, -0.25) is 14.4 Å². The normalized spacial score (nSPS) is 14.9. The Labute approximate surface area is 122 Å². The number of aromatic nitrogens is 1. The number of nitrogens with one attached hydrogen (secondary N) is 2. The van der Waals surface area contributed by atoms with Gasteiger partial charge in [0.15, 0.2) is 5.43 Å². The van der Waals surface area contributed by atoms with Crippen LogP contribution in [0.5, 0.6) is 0 Å². The molecular formula is C14H20N4O3. The van der Waals surface area contributed by atoms with Gasteiger partial charge in [-0.05, 0) is 6.92 Å². The highest BCUT2D eigenvalue weighted by molar-refractivity contribution is 5.96. The van der Waals surface area contributed by atoms with E-state index in [-0.39, 0.29) is 23.4 Å². The minimum absolute atomic E-state index is 0.0217. The van der Waals surface area contributed by atoms with Gasteiger partial charge in [0.1, 0.15) is 5.56 Å². The van der Waals surface area contributed by atoms with Crippen LogP contribution in [0.25, 0.3) is 0 Å². The zero-order chi connectivity index (χ0) is 15.4. The topological polar surface area (TPSA) is 85.5 Å². The predicted molar refractivity (Wildman–Crippen MR) is 78.2 cm³/mol. The molecule has 2 rings (SSSR count). The van der Waals surface area contributed by atoms with Crippen LogP contribution in [0.2, 0.25) is 0 Å². The third-order valence-electron chi connectivity index (χ3n) is 3.48. The minimum atomic E-state index is -0.445. The Morgan fingerprint density at radius 1 is 1.33 bits per heavy atom. The van der Waals surface area contributed by atoms with Gasteiger partial charge in [-0.15, -0.1) is 0 Å². The van der Waals surface area contributed by atoms with Gasteiger partial charge in [-0.25, -0.2) is 0 Å². The molecule has 114 valence electrons. The Morgan fingerprint density at radius 2 is 2.00 bits per heavy atom. The molecule has 0 spiro atoms. The lowest BCUT2D eigenvalue weighted by Crippen LogP contribution is -2.50. The van der Waals surface area contributed by atoms with Crippen LogP contribution in [0.4, 0.5) is 0 Å². The highest BCUT2D eigenvalue weighted by Gasteiger charge is 2.22. The molecule has 0 radical (unpaired) electrons. The summed E-state index contributed by atoms with van der Waals surface area (Å²) in [5, 5.41) is 3.16. The van der Waals surface area contributed by atoms with Crippen molar-refractivity contribution < 1.29 is 9.59 Å². The second-order valence-electron chi connectivity index (χ2n) is 5.19. The molecule has 0 atom stereocenters. The van der Waals surface area contributed by atoms with E-state index in [4.69, 9.17) is 0 Å². The summed E-state index contributed by atoms with van der Waals surface area (Å²) in [6, 6.07) is 1.37. The lowest BCUT2D eigenvalue weighted by molar-refractivity contribution is -0.132. The van der Waals surface area contributed by atoms with Crippen LogP contribution in [-0.2, 0) is 4.79 Å². The van der Waals surface area contributed by atoms with Gasteiger partial charge in [-0.2, -0.15) is 0 Å². The summed E-state index contributed by atoms with van der Waals surface area (Å²) in [4.78, 5) is 42.0. The summed E-state index contributed by atoms with van der Waals surface area (Å²) in [6.45, 7) is 4.54. The van der Waals surface area contributed by atoms with Crippen molar-refractivity contribution >= 4 is 11.8 Å². The molecule has 0 aliphatic carbocycles. The number of hydrogen-bond acceptors (Lipinski definition) is 4. The van der Waals surface area contributed by atoms with E-state index in [0.717, 1.165) is 13.1 Å². The van der Waals surface area contributed by atoms with Crippen molar-refractivity contribution in [2.24, 2.45) is 0 Å². The zero-order valence-corrected chi connectivity index (χ0v) is 12.3. The van der Waals surface area contributed by atoms with E-state index in [1.807, 2.05) is 0 Å². The van der Waals surface area contributed by atoms with E-state index >= 15 is 0 Å².